The summed E-state index contributed by atoms with van der Waals surface area (Å²) >= 11 is 0. The number of azide groups is 1. The van der Waals surface area contributed by atoms with Crippen LogP contribution in [0.2, 0.25) is 0 Å². The van der Waals surface area contributed by atoms with Gasteiger partial charge in [-0.2, -0.15) is 0 Å². The number of hydrogen-bond donors (Lipinski definition) is 0. The molecule has 1 saturated carbocycles. The molecule has 0 saturated heterocycles. The van der Waals surface area contributed by atoms with E-state index >= 15 is 0 Å². The first-order chi connectivity index (χ1) is 23.3. The highest BCUT2D eigenvalue weighted by Crippen LogP contribution is 2.27. The summed E-state index contributed by atoms with van der Waals surface area (Å²) < 4.78 is 12.5. The van der Waals surface area contributed by atoms with Gasteiger partial charge in [-0.3, -0.25) is 0 Å². The quantitative estimate of drug-likeness (QED) is 0.0232. The molecule has 270 valence electrons. The highest BCUT2D eigenvalue weighted by atomic mass is 16.5. The lowest BCUT2D eigenvalue weighted by molar-refractivity contribution is -0.0511. The third-order valence-electron chi connectivity index (χ3n) is 9.21. The normalized spacial score (nSPS) is 18.7. The Morgan fingerprint density at radius 2 is 0.851 bits per heavy atom. The van der Waals surface area contributed by atoms with Crippen LogP contribution in [0.1, 0.15) is 187 Å². The third-order valence-corrected chi connectivity index (χ3v) is 9.21. The summed E-state index contributed by atoms with van der Waals surface area (Å²) in [5, 5.41) is 4.04. The molecule has 0 spiro atoms. The maximum Gasteiger partial charge on any atom is 0.0603 e. The van der Waals surface area contributed by atoms with Crippen LogP contribution in [0.5, 0.6) is 0 Å². The highest BCUT2D eigenvalue weighted by Gasteiger charge is 2.29. The van der Waals surface area contributed by atoms with E-state index in [9.17, 15) is 0 Å². The largest absolute Gasteiger partial charge is 0.378 e. The molecular weight excluding hydrogens is 578 g/mol. The smallest absolute Gasteiger partial charge is 0.0603 e. The van der Waals surface area contributed by atoms with Gasteiger partial charge in [-0.25, -0.2) is 0 Å². The van der Waals surface area contributed by atoms with E-state index in [2.05, 4.69) is 72.5 Å². The number of rotatable bonds is 33. The summed E-state index contributed by atoms with van der Waals surface area (Å²) in [5.41, 5.74) is 9.02. The predicted octanol–water partition coefficient (Wildman–Crippen LogP) is 14.2. The van der Waals surface area contributed by atoms with E-state index in [1.807, 2.05) is 0 Å². The molecule has 1 aliphatic rings. The first-order valence-corrected chi connectivity index (χ1v) is 20.2. The molecule has 1 fully saturated rings. The van der Waals surface area contributed by atoms with Gasteiger partial charge in [0.2, 0.25) is 0 Å². The van der Waals surface area contributed by atoms with E-state index in [-0.39, 0.29) is 18.2 Å². The Labute approximate surface area is 291 Å². The standard InChI is InChI=1S/C42H75N3O2/c1-3-5-7-9-11-13-15-17-19-21-23-25-27-29-31-33-35-46-41-37-40(44-45-43)38-42(39-41)47-36-34-32-30-28-26-24-22-20-18-16-14-12-10-8-6-4-2/h11-14,17-20,40-42H,3-10,15-16,21-39H2,1-2H3/b13-11-,14-12-,19-17-,20-18-. The highest BCUT2D eigenvalue weighted by molar-refractivity contribution is 4.93. The lowest BCUT2D eigenvalue weighted by Crippen LogP contribution is -2.35. The van der Waals surface area contributed by atoms with E-state index in [0.717, 1.165) is 58.2 Å². The lowest BCUT2D eigenvalue weighted by Gasteiger charge is -2.33. The van der Waals surface area contributed by atoms with Crippen molar-refractivity contribution in [3.8, 4) is 0 Å². The van der Waals surface area contributed by atoms with Crippen LogP contribution < -0.4 is 0 Å². The SMILES string of the molecule is CCCCC/C=C\C/C=C\CCCCCCCCOC1CC(N=[N+]=[N-])CC(OCCCCCCCC/C=C\C/C=C\CCCCC)C1. The molecule has 2 atom stereocenters. The van der Waals surface area contributed by atoms with Crippen LogP contribution in [-0.4, -0.2) is 31.5 Å². The van der Waals surface area contributed by atoms with Crippen LogP contribution >= 0.6 is 0 Å². The fraction of sp³-hybridized carbons (Fsp3) is 0.810. The Kier molecular flexibility index (Phi) is 32.6. The van der Waals surface area contributed by atoms with Crippen molar-refractivity contribution in [2.24, 2.45) is 5.11 Å². The van der Waals surface area contributed by atoms with Crippen LogP contribution in [0.4, 0.5) is 0 Å². The zero-order chi connectivity index (χ0) is 33.7. The third kappa shape index (κ3) is 30.0. The second-order valence-electron chi connectivity index (χ2n) is 13.7. The minimum atomic E-state index is -0.00418. The maximum absolute atomic E-state index is 9.02. The molecule has 5 nitrogen and oxygen atoms in total. The number of allylic oxidation sites excluding steroid dienone is 8. The van der Waals surface area contributed by atoms with Crippen molar-refractivity contribution in [3.05, 3.63) is 59.1 Å². The second kappa shape index (κ2) is 35.5. The summed E-state index contributed by atoms with van der Waals surface area (Å²) in [6.07, 6.45) is 51.7. The van der Waals surface area contributed by atoms with Gasteiger partial charge in [0.25, 0.3) is 0 Å². The Balaban J connectivity index is 2.01. The fourth-order valence-corrected chi connectivity index (χ4v) is 6.31. The Morgan fingerprint density at radius 1 is 0.489 bits per heavy atom. The molecule has 0 aliphatic heterocycles. The Hall–Kier alpha value is -1.81. The van der Waals surface area contributed by atoms with Crippen molar-refractivity contribution in [1.29, 1.82) is 0 Å². The summed E-state index contributed by atoms with van der Waals surface area (Å²) in [6.45, 7) is 6.13. The van der Waals surface area contributed by atoms with E-state index in [4.69, 9.17) is 15.0 Å². The van der Waals surface area contributed by atoms with Gasteiger partial charge in [0.15, 0.2) is 0 Å². The summed E-state index contributed by atoms with van der Waals surface area (Å²) in [4.78, 5) is 3.09. The molecule has 0 aromatic rings. The fourth-order valence-electron chi connectivity index (χ4n) is 6.31. The van der Waals surface area contributed by atoms with Crippen molar-refractivity contribution in [1.82, 2.24) is 0 Å². The van der Waals surface area contributed by atoms with Gasteiger partial charge in [-0.05, 0) is 102 Å². The zero-order valence-corrected chi connectivity index (χ0v) is 31.0. The number of nitrogens with zero attached hydrogens (tertiary/aromatic N) is 3. The molecule has 47 heavy (non-hydrogen) atoms. The van der Waals surface area contributed by atoms with Crippen LogP contribution in [0.25, 0.3) is 10.4 Å². The maximum atomic E-state index is 9.02. The van der Waals surface area contributed by atoms with E-state index in [1.165, 1.54) is 128 Å². The first-order valence-electron chi connectivity index (χ1n) is 20.2. The van der Waals surface area contributed by atoms with Crippen molar-refractivity contribution >= 4 is 0 Å². The minimum Gasteiger partial charge on any atom is -0.378 e. The average Bonchev–Trinajstić information content (AvgIpc) is 3.07. The molecule has 0 bridgehead atoms. The lowest BCUT2D eigenvalue weighted by atomic mass is 9.91. The average molecular weight is 654 g/mol. The van der Waals surface area contributed by atoms with Crippen LogP contribution in [0, 0.1) is 0 Å². The molecule has 0 radical (unpaired) electrons. The predicted molar refractivity (Wildman–Crippen MR) is 205 cm³/mol. The van der Waals surface area contributed by atoms with E-state index in [0.29, 0.717) is 0 Å². The molecule has 0 aromatic carbocycles. The molecular formula is C42H75N3O2. The van der Waals surface area contributed by atoms with Gasteiger partial charge in [0, 0.05) is 24.2 Å². The van der Waals surface area contributed by atoms with Gasteiger partial charge >= 0.3 is 0 Å². The zero-order valence-electron chi connectivity index (χ0n) is 31.0. The molecule has 0 N–H and O–H groups in total. The van der Waals surface area contributed by atoms with Crippen LogP contribution in [0.3, 0.4) is 0 Å². The second-order valence-corrected chi connectivity index (χ2v) is 13.7. The molecule has 0 aromatic heterocycles. The van der Waals surface area contributed by atoms with Gasteiger partial charge in [-0.15, -0.1) is 0 Å². The molecule has 1 aliphatic carbocycles. The summed E-state index contributed by atoms with van der Waals surface area (Å²) in [6, 6.07) is -0.00418. The van der Waals surface area contributed by atoms with Gasteiger partial charge in [0.05, 0.1) is 12.2 Å². The van der Waals surface area contributed by atoms with Crippen molar-refractivity contribution < 1.29 is 9.47 Å². The molecule has 5 heteroatoms. The topological polar surface area (TPSA) is 67.2 Å². The van der Waals surface area contributed by atoms with Gasteiger partial charge in [0.1, 0.15) is 0 Å². The summed E-state index contributed by atoms with van der Waals surface area (Å²) in [5.74, 6) is 0. The van der Waals surface area contributed by atoms with E-state index < -0.39 is 0 Å². The van der Waals surface area contributed by atoms with Gasteiger partial charge in [-0.1, -0.05) is 145 Å². The number of unbranched alkanes of at least 4 members (excludes halogenated alkanes) is 18. The van der Waals surface area contributed by atoms with Crippen LogP contribution in [0.15, 0.2) is 53.7 Å². The number of ether oxygens (including phenoxy) is 2. The van der Waals surface area contributed by atoms with Crippen LogP contribution in [-0.2, 0) is 9.47 Å². The van der Waals surface area contributed by atoms with Crippen molar-refractivity contribution in [2.75, 3.05) is 13.2 Å². The number of hydrogen-bond acceptors (Lipinski definition) is 3. The van der Waals surface area contributed by atoms with Crippen molar-refractivity contribution in [2.45, 2.75) is 205 Å². The molecule has 0 amide bonds. The monoisotopic (exact) mass is 654 g/mol. The van der Waals surface area contributed by atoms with Gasteiger partial charge < -0.3 is 9.47 Å². The molecule has 1 rings (SSSR count). The van der Waals surface area contributed by atoms with E-state index in [1.54, 1.807) is 0 Å². The Morgan fingerprint density at radius 3 is 1.23 bits per heavy atom. The minimum absolute atomic E-state index is 0.00418. The molecule has 2 unspecified atom stereocenters. The first kappa shape index (κ1) is 43.2. The summed E-state index contributed by atoms with van der Waals surface area (Å²) in [7, 11) is 0. The van der Waals surface area contributed by atoms with Crippen molar-refractivity contribution in [3.63, 3.8) is 0 Å². The Bertz CT molecular complexity index is 772. The molecule has 0 heterocycles.